The zero-order valence-electron chi connectivity index (χ0n) is 12.9. The molecule has 2 unspecified atom stereocenters. The van der Waals surface area contributed by atoms with Crippen molar-refractivity contribution in [1.29, 1.82) is 0 Å². The molecule has 5 heteroatoms. The van der Waals surface area contributed by atoms with Crippen LogP contribution in [-0.2, 0) is 19.7 Å². The van der Waals surface area contributed by atoms with Crippen LogP contribution in [-0.4, -0.2) is 36.2 Å². The Kier molecular flexibility index (Phi) is 5.55. The molecule has 0 spiro atoms. The third-order valence-corrected chi connectivity index (χ3v) is 4.38. The lowest BCUT2D eigenvalue weighted by molar-refractivity contribution is -0.144. The molecule has 0 radical (unpaired) electrons. The van der Waals surface area contributed by atoms with Crippen LogP contribution >= 0.6 is 0 Å². The summed E-state index contributed by atoms with van der Waals surface area (Å²) in [5.74, 6) is -1.14. The number of nitrogens with one attached hydrogen (secondary N) is 1. The molecule has 1 amide bonds. The molecule has 5 nitrogen and oxygen atoms in total. The van der Waals surface area contributed by atoms with E-state index in [4.69, 9.17) is 4.74 Å². The second-order valence-corrected chi connectivity index (χ2v) is 5.68. The highest BCUT2D eigenvalue weighted by atomic mass is 16.5. The van der Waals surface area contributed by atoms with Gasteiger partial charge in [0.15, 0.2) is 0 Å². The van der Waals surface area contributed by atoms with Crippen LogP contribution in [0.25, 0.3) is 0 Å². The number of benzene rings is 1. The van der Waals surface area contributed by atoms with Gasteiger partial charge in [-0.05, 0) is 31.2 Å². The minimum atomic E-state index is -1.11. The van der Waals surface area contributed by atoms with Crippen molar-refractivity contribution in [3.8, 4) is 0 Å². The van der Waals surface area contributed by atoms with E-state index >= 15 is 0 Å². The summed E-state index contributed by atoms with van der Waals surface area (Å²) in [5, 5.41) is 12.5. The molecule has 2 atom stereocenters. The van der Waals surface area contributed by atoms with Gasteiger partial charge in [0.2, 0.25) is 5.91 Å². The topological polar surface area (TPSA) is 75.6 Å². The number of carbonyl (C=O) groups is 2. The lowest BCUT2D eigenvalue weighted by Crippen LogP contribution is -2.49. The van der Waals surface area contributed by atoms with E-state index in [0.29, 0.717) is 25.0 Å². The predicted octanol–water partition coefficient (Wildman–Crippen LogP) is 2.10. The van der Waals surface area contributed by atoms with Gasteiger partial charge in [0.05, 0.1) is 0 Å². The van der Waals surface area contributed by atoms with E-state index < -0.39 is 17.5 Å². The Morgan fingerprint density at radius 2 is 2.05 bits per heavy atom. The number of carboxylic acids is 1. The van der Waals surface area contributed by atoms with Crippen molar-refractivity contribution in [2.45, 2.75) is 44.1 Å². The number of carboxylic acid groups (broad SMARTS) is 1. The highest BCUT2D eigenvalue weighted by Crippen LogP contribution is 2.28. The van der Waals surface area contributed by atoms with Crippen molar-refractivity contribution in [2.75, 3.05) is 13.2 Å². The molecule has 1 aliphatic rings. The standard InChI is InChI=1S/C17H23NO4/c1-2-17(16(20)21,13-8-4-3-5-9-13)12-18-15(19)14-10-6-7-11-22-14/h3-5,8-9,14H,2,6-7,10-12H2,1H3,(H,18,19)(H,20,21). The van der Waals surface area contributed by atoms with Crippen LogP contribution in [0.15, 0.2) is 30.3 Å². The molecule has 0 saturated carbocycles. The lowest BCUT2D eigenvalue weighted by Gasteiger charge is -2.30. The molecule has 1 aromatic carbocycles. The average Bonchev–Trinajstić information content (AvgIpc) is 2.57. The van der Waals surface area contributed by atoms with Crippen LogP contribution in [0, 0.1) is 0 Å². The van der Waals surface area contributed by atoms with Crippen LogP contribution < -0.4 is 5.32 Å². The van der Waals surface area contributed by atoms with Gasteiger partial charge in [0, 0.05) is 13.2 Å². The largest absolute Gasteiger partial charge is 0.481 e. The Hall–Kier alpha value is -1.88. The minimum absolute atomic E-state index is 0.0710. The van der Waals surface area contributed by atoms with E-state index in [0.717, 1.165) is 12.8 Å². The molecule has 2 rings (SSSR count). The fourth-order valence-electron chi connectivity index (χ4n) is 2.84. The summed E-state index contributed by atoms with van der Waals surface area (Å²) in [5.41, 5.74) is -0.402. The summed E-state index contributed by atoms with van der Waals surface area (Å²) in [6, 6.07) is 9.06. The third-order valence-electron chi connectivity index (χ3n) is 4.38. The maximum absolute atomic E-state index is 12.2. The first kappa shape index (κ1) is 16.5. The van der Waals surface area contributed by atoms with Crippen LogP contribution in [0.3, 0.4) is 0 Å². The number of amides is 1. The van der Waals surface area contributed by atoms with E-state index in [1.165, 1.54) is 0 Å². The molecule has 1 fully saturated rings. The van der Waals surface area contributed by atoms with Gasteiger partial charge in [-0.2, -0.15) is 0 Å². The first-order valence-electron chi connectivity index (χ1n) is 7.78. The molecule has 1 aliphatic heterocycles. The lowest BCUT2D eigenvalue weighted by atomic mass is 9.78. The molecule has 0 aliphatic carbocycles. The summed E-state index contributed by atoms with van der Waals surface area (Å²) in [6.45, 7) is 2.49. The SMILES string of the molecule is CCC(CNC(=O)C1CCCCO1)(C(=O)O)c1ccccc1. The van der Waals surface area contributed by atoms with Crippen molar-refractivity contribution in [3.05, 3.63) is 35.9 Å². The predicted molar refractivity (Wildman–Crippen MR) is 82.6 cm³/mol. The van der Waals surface area contributed by atoms with E-state index in [1.54, 1.807) is 12.1 Å². The molecule has 1 saturated heterocycles. The minimum Gasteiger partial charge on any atom is -0.481 e. The van der Waals surface area contributed by atoms with Crippen molar-refractivity contribution < 1.29 is 19.4 Å². The van der Waals surface area contributed by atoms with Gasteiger partial charge < -0.3 is 15.2 Å². The van der Waals surface area contributed by atoms with E-state index in [-0.39, 0.29) is 12.5 Å². The first-order chi connectivity index (χ1) is 10.6. The molecule has 1 aromatic rings. The summed E-state index contributed by atoms with van der Waals surface area (Å²) >= 11 is 0. The molecule has 2 N–H and O–H groups in total. The molecule has 0 bridgehead atoms. The Balaban J connectivity index is 2.10. The van der Waals surface area contributed by atoms with Crippen molar-refractivity contribution in [3.63, 3.8) is 0 Å². The first-order valence-corrected chi connectivity index (χ1v) is 7.78. The molecule has 120 valence electrons. The second-order valence-electron chi connectivity index (χ2n) is 5.68. The van der Waals surface area contributed by atoms with E-state index in [9.17, 15) is 14.7 Å². The normalized spacial score (nSPS) is 20.9. The maximum atomic E-state index is 12.2. The van der Waals surface area contributed by atoms with Gasteiger partial charge in [0.25, 0.3) is 0 Å². The van der Waals surface area contributed by atoms with Gasteiger partial charge in [0.1, 0.15) is 11.5 Å². The monoisotopic (exact) mass is 305 g/mol. The summed E-state index contributed by atoms with van der Waals surface area (Å²) < 4.78 is 5.45. The third kappa shape index (κ3) is 3.47. The molecular formula is C17H23NO4. The molecular weight excluding hydrogens is 282 g/mol. The van der Waals surface area contributed by atoms with Crippen LogP contribution in [0.2, 0.25) is 0 Å². The van der Waals surface area contributed by atoms with Crippen LogP contribution in [0.1, 0.15) is 38.2 Å². The number of aliphatic carboxylic acids is 1. The highest BCUT2D eigenvalue weighted by molar-refractivity contribution is 5.85. The zero-order valence-corrected chi connectivity index (χ0v) is 12.9. The Labute approximate surface area is 130 Å². The number of ether oxygens (including phenoxy) is 1. The second kappa shape index (κ2) is 7.40. The van der Waals surface area contributed by atoms with Crippen molar-refractivity contribution in [1.82, 2.24) is 5.32 Å². The number of hydrogen-bond acceptors (Lipinski definition) is 3. The highest BCUT2D eigenvalue weighted by Gasteiger charge is 2.39. The number of hydrogen-bond donors (Lipinski definition) is 2. The fraction of sp³-hybridized carbons (Fsp3) is 0.529. The zero-order chi connectivity index (χ0) is 16.0. The number of rotatable bonds is 6. The van der Waals surface area contributed by atoms with Gasteiger partial charge >= 0.3 is 5.97 Å². The number of carbonyl (C=O) groups excluding carboxylic acids is 1. The van der Waals surface area contributed by atoms with Crippen LogP contribution in [0.4, 0.5) is 0 Å². The summed E-state index contributed by atoms with van der Waals surface area (Å²) in [6.07, 6.45) is 2.59. The summed E-state index contributed by atoms with van der Waals surface area (Å²) in [7, 11) is 0. The Bertz CT molecular complexity index is 511. The van der Waals surface area contributed by atoms with Gasteiger partial charge in [-0.3, -0.25) is 9.59 Å². The van der Waals surface area contributed by atoms with E-state index in [2.05, 4.69) is 5.32 Å². The van der Waals surface area contributed by atoms with Crippen LogP contribution in [0.5, 0.6) is 0 Å². The summed E-state index contributed by atoms with van der Waals surface area (Å²) in [4.78, 5) is 24.0. The van der Waals surface area contributed by atoms with Gasteiger partial charge in [-0.15, -0.1) is 0 Å². The fourth-order valence-corrected chi connectivity index (χ4v) is 2.84. The molecule has 1 heterocycles. The Morgan fingerprint density at radius 3 is 2.59 bits per heavy atom. The Morgan fingerprint density at radius 1 is 1.32 bits per heavy atom. The van der Waals surface area contributed by atoms with Gasteiger partial charge in [-0.1, -0.05) is 37.3 Å². The quantitative estimate of drug-likeness (QED) is 0.844. The van der Waals surface area contributed by atoms with Crippen molar-refractivity contribution >= 4 is 11.9 Å². The molecule has 0 aromatic heterocycles. The maximum Gasteiger partial charge on any atom is 0.315 e. The smallest absolute Gasteiger partial charge is 0.315 e. The van der Waals surface area contributed by atoms with Gasteiger partial charge in [-0.25, -0.2) is 0 Å². The average molecular weight is 305 g/mol. The molecule has 22 heavy (non-hydrogen) atoms. The van der Waals surface area contributed by atoms with Crippen molar-refractivity contribution in [2.24, 2.45) is 0 Å². The van der Waals surface area contributed by atoms with E-state index in [1.807, 2.05) is 25.1 Å².